The molecule has 11 heavy (non-hydrogen) atoms. The zero-order chi connectivity index (χ0) is 8.69. The van der Waals surface area contributed by atoms with Crippen molar-refractivity contribution in [1.29, 1.82) is 0 Å². The highest BCUT2D eigenvalue weighted by atomic mass is 16.4. The summed E-state index contributed by atoms with van der Waals surface area (Å²) in [6.07, 6.45) is 3.01. The van der Waals surface area contributed by atoms with E-state index in [1.807, 2.05) is 0 Å². The van der Waals surface area contributed by atoms with Crippen molar-refractivity contribution in [1.82, 2.24) is 0 Å². The molecule has 3 nitrogen and oxygen atoms in total. The second-order valence-corrected chi connectivity index (χ2v) is 2.68. The molecule has 0 fully saturated rings. The fraction of sp³-hybridized carbons (Fsp3) is 0.875. The zero-order valence-corrected chi connectivity index (χ0v) is 6.88. The normalized spacial score (nSPS) is 12.9. The Labute approximate surface area is 67.0 Å². The molecule has 0 heterocycles. The minimum atomic E-state index is -1.36. The van der Waals surface area contributed by atoms with E-state index < -0.39 is 12.1 Å². The average molecular weight is 159 g/mol. The third-order valence-corrected chi connectivity index (χ3v) is 1.60. The Morgan fingerprint density at radius 3 is 2.55 bits per heavy atom. The molecule has 66 valence electrons. The molecule has 0 unspecified atom stereocenters. The predicted molar refractivity (Wildman–Crippen MR) is 39.8 cm³/mol. The van der Waals surface area contributed by atoms with Crippen molar-refractivity contribution >= 4 is 5.97 Å². The maximum Gasteiger partial charge on any atom is 0.0933 e. The summed E-state index contributed by atoms with van der Waals surface area (Å²) in [5.74, 6) is -1.36. The van der Waals surface area contributed by atoms with Gasteiger partial charge in [-0.3, -0.25) is 0 Å². The van der Waals surface area contributed by atoms with E-state index in [0.717, 1.165) is 25.7 Å². The van der Waals surface area contributed by atoms with E-state index in [1.54, 1.807) is 0 Å². The molecule has 0 rings (SSSR count). The molecule has 0 aromatic carbocycles. The Kier molecular flexibility index (Phi) is 5.84. The lowest BCUT2D eigenvalue weighted by molar-refractivity contribution is -0.315. The van der Waals surface area contributed by atoms with Gasteiger partial charge in [0.15, 0.2) is 0 Å². The summed E-state index contributed by atoms with van der Waals surface area (Å²) < 4.78 is 0. The Balaban J connectivity index is 3.17. The van der Waals surface area contributed by atoms with Crippen LogP contribution in [0.3, 0.4) is 0 Å². The standard InChI is InChI=1S/C8H16O3/c1-2-3-4-5-6-7(9)8(10)11/h7,9H,2-6H2,1H3,(H,10,11)/p-1/t7-/m1/s1. The quantitative estimate of drug-likeness (QED) is 0.558. The summed E-state index contributed by atoms with van der Waals surface area (Å²) in [6, 6.07) is 0. The van der Waals surface area contributed by atoms with E-state index in [4.69, 9.17) is 5.11 Å². The Hall–Kier alpha value is -0.570. The number of carboxylic acids is 1. The molecule has 1 N–H and O–H groups in total. The molecule has 0 saturated heterocycles. The van der Waals surface area contributed by atoms with Crippen molar-refractivity contribution in [3.8, 4) is 0 Å². The number of rotatable bonds is 6. The molecule has 0 radical (unpaired) electrons. The van der Waals surface area contributed by atoms with Crippen LogP contribution in [-0.2, 0) is 4.79 Å². The summed E-state index contributed by atoms with van der Waals surface area (Å²) in [5.41, 5.74) is 0. The molecule has 0 aromatic heterocycles. The summed E-state index contributed by atoms with van der Waals surface area (Å²) in [4.78, 5) is 10.0. The van der Waals surface area contributed by atoms with Crippen molar-refractivity contribution < 1.29 is 15.0 Å². The summed E-state index contributed by atoms with van der Waals surface area (Å²) >= 11 is 0. The molecule has 0 aromatic rings. The lowest BCUT2D eigenvalue weighted by Crippen LogP contribution is -2.35. The van der Waals surface area contributed by atoms with Gasteiger partial charge in [-0.25, -0.2) is 0 Å². The number of carboxylic acid groups (broad SMARTS) is 1. The first-order chi connectivity index (χ1) is 5.18. The first-order valence-corrected chi connectivity index (χ1v) is 4.07. The maximum absolute atomic E-state index is 10.0. The number of carbonyl (C=O) groups is 1. The molecule has 0 spiro atoms. The van der Waals surface area contributed by atoms with E-state index in [9.17, 15) is 9.90 Å². The molecule has 0 aliphatic heterocycles. The molecular weight excluding hydrogens is 144 g/mol. The van der Waals surface area contributed by atoms with E-state index in [-0.39, 0.29) is 0 Å². The topological polar surface area (TPSA) is 60.4 Å². The third kappa shape index (κ3) is 5.85. The van der Waals surface area contributed by atoms with Crippen LogP contribution in [0, 0.1) is 0 Å². The lowest BCUT2D eigenvalue weighted by atomic mass is 10.1. The first kappa shape index (κ1) is 10.4. The van der Waals surface area contributed by atoms with Crippen molar-refractivity contribution in [2.24, 2.45) is 0 Å². The van der Waals surface area contributed by atoms with Crippen LogP contribution in [-0.4, -0.2) is 17.2 Å². The van der Waals surface area contributed by atoms with E-state index in [2.05, 4.69) is 6.92 Å². The molecule has 3 heteroatoms. The maximum atomic E-state index is 10.0. The Morgan fingerprint density at radius 2 is 2.09 bits per heavy atom. The summed E-state index contributed by atoms with van der Waals surface area (Å²) in [5, 5.41) is 18.8. The zero-order valence-electron chi connectivity index (χ0n) is 6.88. The lowest BCUT2D eigenvalue weighted by Gasteiger charge is -2.09. The molecule has 1 atom stereocenters. The summed E-state index contributed by atoms with van der Waals surface area (Å²) in [6.45, 7) is 2.08. The molecule has 0 saturated carbocycles. The van der Waals surface area contributed by atoms with Crippen molar-refractivity contribution in [2.45, 2.75) is 45.1 Å². The number of aliphatic carboxylic acids is 1. The average Bonchev–Trinajstić information content (AvgIpc) is 1.97. The van der Waals surface area contributed by atoms with Gasteiger partial charge in [-0.1, -0.05) is 32.6 Å². The number of aliphatic hydroxyl groups is 1. The van der Waals surface area contributed by atoms with Crippen LogP contribution < -0.4 is 5.11 Å². The van der Waals surface area contributed by atoms with E-state index >= 15 is 0 Å². The van der Waals surface area contributed by atoms with Crippen LogP contribution in [0.2, 0.25) is 0 Å². The van der Waals surface area contributed by atoms with Crippen molar-refractivity contribution in [3.63, 3.8) is 0 Å². The van der Waals surface area contributed by atoms with Gasteiger partial charge in [0.1, 0.15) is 0 Å². The molecular formula is C8H15O3-. The van der Waals surface area contributed by atoms with Gasteiger partial charge in [0.25, 0.3) is 0 Å². The monoisotopic (exact) mass is 159 g/mol. The van der Waals surface area contributed by atoms with E-state index in [0.29, 0.717) is 6.42 Å². The Morgan fingerprint density at radius 1 is 1.45 bits per heavy atom. The molecule has 0 aliphatic carbocycles. The fourth-order valence-electron chi connectivity index (χ4n) is 0.882. The minimum absolute atomic E-state index is 0.322. The largest absolute Gasteiger partial charge is 0.547 e. The minimum Gasteiger partial charge on any atom is -0.547 e. The fourth-order valence-corrected chi connectivity index (χ4v) is 0.882. The smallest absolute Gasteiger partial charge is 0.0933 e. The third-order valence-electron chi connectivity index (χ3n) is 1.60. The number of hydrogen-bond donors (Lipinski definition) is 1. The number of unbranched alkanes of at least 4 members (excludes halogenated alkanes) is 3. The summed E-state index contributed by atoms with van der Waals surface area (Å²) in [7, 11) is 0. The number of carbonyl (C=O) groups excluding carboxylic acids is 1. The number of aliphatic hydroxyl groups excluding tert-OH is 1. The van der Waals surface area contributed by atoms with Gasteiger partial charge in [0.05, 0.1) is 12.1 Å². The van der Waals surface area contributed by atoms with E-state index in [1.165, 1.54) is 0 Å². The Bertz CT molecular complexity index is 112. The van der Waals surface area contributed by atoms with Crippen LogP contribution in [0.4, 0.5) is 0 Å². The van der Waals surface area contributed by atoms with Crippen LogP contribution in [0.5, 0.6) is 0 Å². The van der Waals surface area contributed by atoms with Crippen LogP contribution in [0.25, 0.3) is 0 Å². The van der Waals surface area contributed by atoms with Crippen LogP contribution in [0.1, 0.15) is 39.0 Å². The van der Waals surface area contributed by atoms with Gasteiger partial charge in [-0.05, 0) is 6.42 Å². The second kappa shape index (κ2) is 6.16. The highest BCUT2D eigenvalue weighted by Gasteiger charge is 2.02. The van der Waals surface area contributed by atoms with Gasteiger partial charge in [0, 0.05) is 0 Å². The molecule has 0 aliphatic rings. The van der Waals surface area contributed by atoms with Gasteiger partial charge < -0.3 is 15.0 Å². The highest BCUT2D eigenvalue weighted by Crippen LogP contribution is 2.04. The molecule has 0 bridgehead atoms. The first-order valence-electron chi connectivity index (χ1n) is 4.07. The van der Waals surface area contributed by atoms with Crippen LogP contribution in [0.15, 0.2) is 0 Å². The van der Waals surface area contributed by atoms with Crippen molar-refractivity contribution in [3.05, 3.63) is 0 Å². The SMILES string of the molecule is CCCCCC[C@@H](O)C(=O)[O-]. The van der Waals surface area contributed by atoms with Gasteiger partial charge in [0.2, 0.25) is 0 Å². The predicted octanol–water partition coefficient (Wildman–Crippen LogP) is 0.0676. The van der Waals surface area contributed by atoms with Gasteiger partial charge >= 0.3 is 0 Å². The molecule has 0 amide bonds. The number of hydrogen-bond acceptors (Lipinski definition) is 3. The van der Waals surface area contributed by atoms with Gasteiger partial charge in [-0.15, -0.1) is 0 Å². The van der Waals surface area contributed by atoms with Crippen LogP contribution >= 0.6 is 0 Å². The second-order valence-electron chi connectivity index (χ2n) is 2.68. The van der Waals surface area contributed by atoms with Gasteiger partial charge in [-0.2, -0.15) is 0 Å². The highest BCUT2D eigenvalue weighted by molar-refractivity contribution is 5.69. The van der Waals surface area contributed by atoms with Crippen molar-refractivity contribution in [2.75, 3.05) is 0 Å².